The first-order chi connectivity index (χ1) is 9.56. The van der Waals surface area contributed by atoms with E-state index in [1.165, 1.54) is 12.1 Å². The van der Waals surface area contributed by atoms with Gasteiger partial charge in [0.25, 0.3) is 5.91 Å². The van der Waals surface area contributed by atoms with Gasteiger partial charge in [-0.25, -0.2) is 4.39 Å². The minimum absolute atomic E-state index is 0.240. The maximum atomic E-state index is 12.7. The van der Waals surface area contributed by atoms with Crippen LogP contribution in [0.2, 0.25) is 0 Å². The third-order valence-corrected chi connectivity index (χ3v) is 2.91. The van der Waals surface area contributed by atoms with Gasteiger partial charge in [0.15, 0.2) is 5.76 Å². The van der Waals surface area contributed by atoms with Crippen LogP contribution in [0.4, 0.5) is 4.39 Å². The molecule has 0 aliphatic rings. The molecule has 0 saturated carbocycles. The highest BCUT2D eigenvalue weighted by molar-refractivity contribution is 5.91. The molecule has 1 aromatic carbocycles. The van der Waals surface area contributed by atoms with Crippen LogP contribution >= 0.6 is 0 Å². The monoisotopic (exact) mass is 276 g/mol. The topological polar surface area (TPSA) is 68.3 Å². The van der Waals surface area contributed by atoms with E-state index in [-0.39, 0.29) is 23.5 Å². The highest BCUT2D eigenvalue weighted by atomic mass is 19.1. The maximum Gasteiger partial charge on any atom is 0.287 e. The Morgan fingerprint density at radius 2 is 2.00 bits per heavy atom. The molecule has 0 saturated heterocycles. The van der Waals surface area contributed by atoms with Crippen molar-refractivity contribution in [2.75, 3.05) is 6.54 Å². The van der Waals surface area contributed by atoms with E-state index in [9.17, 15) is 9.18 Å². The van der Waals surface area contributed by atoms with Crippen molar-refractivity contribution < 1.29 is 13.6 Å². The molecule has 3 N–H and O–H groups in total. The third-order valence-electron chi connectivity index (χ3n) is 2.91. The van der Waals surface area contributed by atoms with Crippen molar-refractivity contribution in [3.8, 4) is 0 Å². The predicted molar refractivity (Wildman–Crippen MR) is 73.7 cm³/mol. The first-order valence-corrected chi connectivity index (χ1v) is 6.44. The Morgan fingerprint density at radius 3 is 2.60 bits per heavy atom. The van der Waals surface area contributed by atoms with Gasteiger partial charge in [0.05, 0.1) is 6.04 Å². The molecule has 0 bridgehead atoms. The average Bonchev–Trinajstić information content (AvgIpc) is 2.91. The fraction of sp³-hybridized carbons (Fsp3) is 0.267. The average molecular weight is 276 g/mol. The Morgan fingerprint density at radius 1 is 1.30 bits per heavy atom. The molecule has 1 unspecified atom stereocenters. The van der Waals surface area contributed by atoms with E-state index in [1.807, 2.05) is 0 Å². The molecule has 1 aromatic heterocycles. The van der Waals surface area contributed by atoms with Gasteiger partial charge >= 0.3 is 0 Å². The molecule has 0 aliphatic heterocycles. The number of nitrogens with two attached hydrogens (primary N) is 1. The number of rotatable bonds is 5. The van der Waals surface area contributed by atoms with Crippen molar-refractivity contribution in [2.45, 2.75) is 19.4 Å². The van der Waals surface area contributed by atoms with Gasteiger partial charge in [-0.05, 0) is 43.2 Å². The molecule has 1 heterocycles. The molecule has 1 amide bonds. The largest absolute Gasteiger partial charge is 0.454 e. The summed E-state index contributed by atoms with van der Waals surface area (Å²) in [5, 5.41) is 2.75. The summed E-state index contributed by atoms with van der Waals surface area (Å²) in [6.07, 6.45) is 0.632. The Balaban J connectivity index is 1.84. The SMILES string of the molecule is CC(N)c1ccc(C(=O)NCCc2ccc(F)cc2)o1. The predicted octanol–water partition coefficient (Wildman–Crippen LogP) is 2.41. The Hall–Kier alpha value is -2.14. The van der Waals surface area contributed by atoms with Crippen LogP contribution in [0, 0.1) is 5.82 Å². The van der Waals surface area contributed by atoms with Crippen molar-refractivity contribution in [1.29, 1.82) is 0 Å². The molecule has 5 heteroatoms. The van der Waals surface area contributed by atoms with E-state index in [0.717, 1.165) is 5.56 Å². The van der Waals surface area contributed by atoms with Crippen LogP contribution in [0.1, 0.15) is 34.8 Å². The summed E-state index contributed by atoms with van der Waals surface area (Å²) in [6.45, 7) is 2.24. The second kappa shape index (κ2) is 6.34. The smallest absolute Gasteiger partial charge is 0.287 e. The lowest BCUT2D eigenvalue weighted by molar-refractivity contribution is 0.0924. The summed E-state index contributed by atoms with van der Waals surface area (Å²) in [5.74, 6) is 0.279. The summed E-state index contributed by atoms with van der Waals surface area (Å²) >= 11 is 0. The minimum Gasteiger partial charge on any atom is -0.454 e. The summed E-state index contributed by atoms with van der Waals surface area (Å²) in [7, 11) is 0. The van der Waals surface area contributed by atoms with E-state index in [0.29, 0.717) is 18.7 Å². The first-order valence-electron chi connectivity index (χ1n) is 6.44. The lowest BCUT2D eigenvalue weighted by Crippen LogP contribution is -2.25. The fourth-order valence-electron chi connectivity index (χ4n) is 1.78. The van der Waals surface area contributed by atoms with Gasteiger partial charge in [-0.1, -0.05) is 12.1 Å². The number of nitrogens with one attached hydrogen (secondary N) is 1. The van der Waals surface area contributed by atoms with Crippen molar-refractivity contribution in [1.82, 2.24) is 5.32 Å². The van der Waals surface area contributed by atoms with Gasteiger partial charge in [0, 0.05) is 6.54 Å². The van der Waals surface area contributed by atoms with Crippen molar-refractivity contribution >= 4 is 5.91 Å². The zero-order valence-electron chi connectivity index (χ0n) is 11.2. The number of carbonyl (C=O) groups is 1. The standard InChI is InChI=1S/C15H17FN2O2/c1-10(17)13-6-7-14(20-13)15(19)18-9-8-11-2-4-12(16)5-3-11/h2-7,10H,8-9,17H2,1H3,(H,18,19). The molecule has 1 atom stereocenters. The van der Waals surface area contributed by atoms with E-state index in [1.54, 1.807) is 31.2 Å². The molecule has 0 aliphatic carbocycles. The molecule has 2 rings (SSSR count). The zero-order valence-corrected chi connectivity index (χ0v) is 11.2. The Bertz CT molecular complexity index is 576. The van der Waals surface area contributed by atoms with Gasteiger partial charge in [-0.2, -0.15) is 0 Å². The number of hydrogen-bond acceptors (Lipinski definition) is 3. The number of amides is 1. The Labute approximate surface area is 116 Å². The first kappa shape index (κ1) is 14.3. The molecule has 2 aromatic rings. The quantitative estimate of drug-likeness (QED) is 0.881. The van der Waals surface area contributed by atoms with Crippen molar-refractivity contribution in [2.24, 2.45) is 5.73 Å². The van der Waals surface area contributed by atoms with Crippen LogP contribution in [0.25, 0.3) is 0 Å². The zero-order chi connectivity index (χ0) is 14.5. The van der Waals surface area contributed by atoms with Crippen LogP contribution in [0.5, 0.6) is 0 Å². The van der Waals surface area contributed by atoms with E-state index in [2.05, 4.69) is 5.32 Å². The van der Waals surface area contributed by atoms with Crippen LogP contribution in [-0.2, 0) is 6.42 Å². The van der Waals surface area contributed by atoms with E-state index in [4.69, 9.17) is 10.2 Å². The van der Waals surface area contributed by atoms with Gasteiger partial charge in [-0.3, -0.25) is 4.79 Å². The fourth-order valence-corrected chi connectivity index (χ4v) is 1.78. The van der Waals surface area contributed by atoms with Crippen molar-refractivity contribution in [3.05, 3.63) is 59.3 Å². The summed E-state index contributed by atoms with van der Waals surface area (Å²) in [5.41, 5.74) is 6.62. The number of benzene rings is 1. The molecule has 0 spiro atoms. The molecule has 0 fully saturated rings. The summed E-state index contributed by atoms with van der Waals surface area (Å²) in [4.78, 5) is 11.8. The molecular weight excluding hydrogens is 259 g/mol. The number of furan rings is 1. The molecular formula is C15H17FN2O2. The number of halogens is 1. The minimum atomic E-state index is -0.279. The van der Waals surface area contributed by atoms with Gasteiger partial charge in [-0.15, -0.1) is 0 Å². The summed E-state index contributed by atoms with van der Waals surface area (Å²) < 4.78 is 18.1. The number of carbonyl (C=O) groups excluding carboxylic acids is 1. The Kier molecular flexibility index (Phi) is 4.53. The van der Waals surface area contributed by atoms with Crippen LogP contribution in [0.3, 0.4) is 0 Å². The summed E-state index contributed by atoms with van der Waals surface area (Å²) in [6, 6.07) is 9.25. The van der Waals surface area contributed by atoms with Gasteiger partial charge < -0.3 is 15.5 Å². The van der Waals surface area contributed by atoms with Crippen LogP contribution < -0.4 is 11.1 Å². The lowest BCUT2D eigenvalue weighted by Gasteiger charge is -2.04. The third kappa shape index (κ3) is 3.68. The van der Waals surface area contributed by atoms with Gasteiger partial charge in [0.1, 0.15) is 11.6 Å². The van der Waals surface area contributed by atoms with Crippen LogP contribution in [-0.4, -0.2) is 12.5 Å². The highest BCUT2D eigenvalue weighted by Gasteiger charge is 2.12. The second-order valence-corrected chi connectivity index (χ2v) is 4.62. The van der Waals surface area contributed by atoms with E-state index < -0.39 is 0 Å². The highest BCUT2D eigenvalue weighted by Crippen LogP contribution is 2.13. The molecule has 0 radical (unpaired) electrons. The van der Waals surface area contributed by atoms with Gasteiger partial charge in [0.2, 0.25) is 0 Å². The molecule has 106 valence electrons. The maximum absolute atomic E-state index is 12.7. The second-order valence-electron chi connectivity index (χ2n) is 4.62. The normalized spacial score (nSPS) is 12.2. The number of hydrogen-bond donors (Lipinski definition) is 2. The molecule has 20 heavy (non-hydrogen) atoms. The van der Waals surface area contributed by atoms with Crippen LogP contribution in [0.15, 0.2) is 40.8 Å². The van der Waals surface area contributed by atoms with E-state index >= 15 is 0 Å². The van der Waals surface area contributed by atoms with Crippen molar-refractivity contribution in [3.63, 3.8) is 0 Å². The molecule has 4 nitrogen and oxygen atoms in total. The lowest BCUT2D eigenvalue weighted by atomic mass is 10.1.